The van der Waals surface area contributed by atoms with Crippen molar-refractivity contribution in [3.63, 3.8) is 0 Å². The topological polar surface area (TPSA) is 67.8 Å². The summed E-state index contributed by atoms with van der Waals surface area (Å²) in [6.45, 7) is 0.568. The van der Waals surface area contributed by atoms with Gasteiger partial charge in [0.25, 0.3) is 5.91 Å². The highest BCUT2D eigenvalue weighted by Gasteiger charge is 2.27. The summed E-state index contributed by atoms with van der Waals surface area (Å²) in [5.41, 5.74) is 2.00. The molecule has 2 aromatic rings. The van der Waals surface area contributed by atoms with E-state index in [0.717, 1.165) is 18.4 Å². The summed E-state index contributed by atoms with van der Waals surface area (Å²) in [7, 11) is 0. The van der Waals surface area contributed by atoms with Crippen molar-refractivity contribution >= 4 is 17.6 Å². The van der Waals surface area contributed by atoms with Crippen molar-refractivity contribution in [3.05, 3.63) is 71.8 Å². The molecule has 1 aliphatic rings. The van der Waals surface area contributed by atoms with Crippen molar-refractivity contribution in [2.24, 2.45) is 4.99 Å². The molecule has 0 radical (unpaired) electrons. The van der Waals surface area contributed by atoms with E-state index in [1.807, 2.05) is 48.5 Å². The fraction of sp³-hybridized carbons (Fsp3) is 0.250. The van der Waals surface area contributed by atoms with E-state index in [-0.39, 0.29) is 11.9 Å². The average molecular weight is 336 g/mol. The molecular formula is C20H20N2O3. The van der Waals surface area contributed by atoms with Gasteiger partial charge in [0, 0.05) is 17.7 Å². The number of hydrogen-bond donors (Lipinski definition) is 1. The minimum atomic E-state index is -0.526. The number of hydrogen-bond acceptors (Lipinski definition) is 4. The van der Waals surface area contributed by atoms with Gasteiger partial charge in [0.2, 0.25) is 6.23 Å². The fourth-order valence-corrected chi connectivity index (χ4v) is 2.63. The van der Waals surface area contributed by atoms with Crippen LogP contribution in [0.2, 0.25) is 0 Å². The maximum Gasteiger partial charge on any atom is 0.354 e. The Labute approximate surface area is 146 Å². The molecule has 5 heteroatoms. The Kier molecular flexibility index (Phi) is 5.57. The van der Waals surface area contributed by atoms with Gasteiger partial charge in [-0.2, -0.15) is 0 Å². The first kappa shape index (κ1) is 16.9. The van der Waals surface area contributed by atoms with Crippen LogP contribution in [0.3, 0.4) is 0 Å². The van der Waals surface area contributed by atoms with E-state index >= 15 is 0 Å². The Bertz CT molecular complexity index is 757. The van der Waals surface area contributed by atoms with E-state index < -0.39 is 6.23 Å². The zero-order valence-corrected chi connectivity index (χ0v) is 13.9. The summed E-state index contributed by atoms with van der Waals surface area (Å²) in [6, 6.07) is 18.6. The highest BCUT2D eigenvalue weighted by molar-refractivity contribution is 6.37. The molecule has 1 heterocycles. The van der Waals surface area contributed by atoms with Crippen LogP contribution in [-0.4, -0.2) is 24.1 Å². The second-order valence-electron chi connectivity index (χ2n) is 5.82. The first-order chi connectivity index (χ1) is 12.2. The molecule has 5 nitrogen and oxygen atoms in total. The average Bonchev–Trinajstić information content (AvgIpc) is 3.03. The van der Waals surface area contributed by atoms with Gasteiger partial charge in [-0.1, -0.05) is 48.5 Å². The number of nitrogens with one attached hydrogen (secondary N) is 1. The van der Waals surface area contributed by atoms with Crippen LogP contribution >= 0.6 is 0 Å². The largest absolute Gasteiger partial charge is 0.431 e. The first-order valence-corrected chi connectivity index (χ1v) is 8.40. The van der Waals surface area contributed by atoms with Crippen LogP contribution < -0.4 is 5.32 Å². The maximum atomic E-state index is 11.9. The SMILES string of the molecule is O=C1OC(c2ccccc2)N=C1CCCCNC(=O)c1ccccc1. The molecule has 0 bridgehead atoms. The zero-order chi connectivity index (χ0) is 17.5. The molecule has 0 saturated carbocycles. The van der Waals surface area contributed by atoms with Crippen molar-refractivity contribution in [1.82, 2.24) is 5.32 Å². The summed E-state index contributed by atoms with van der Waals surface area (Å²) < 4.78 is 5.30. The third-order valence-electron chi connectivity index (χ3n) is 3.97. The lowest BCUT2D eigenvalue weighted by molar-refractivity contribution is -0.138. The molecule has 1 aliphatic heterocycles. The van der Waals surface area contributed by atoms with Crippen molar-refractivity contribution in [3.8, 4) is 0 Å². The van der Waals surface area contributed by atoms with Crippen LogP contribution in [0.1, 0.15) is 41.4 Å². The number of carbonyl (C=O) groups is 2. The molecule has 128 valence electrons. The Hall–Kier alpha value is -2.95. The van der Waals surface area contributed by atoms with E-state index in [1.54, 1.807) is 12.1 Å². The van der Waals surface area contributed by atoms with Crippen molar-refractivity contribution in [1.29, 1.82) is 0 Å². The molecule has 1 amide bonds. The van der Waals surface area contributed by atoms with Crippen LogP contribution in [0.5, 0.6) is 0 Å². The van der Waals surface area contributed by atoms with Crippen LogP contribution in [0.4, 0.5) is 0 Å². The van der Waals surface area contributed by atoms with Crippen LogP contribution in [0.15, 0.2) is 65.7 Å². The van der Waals surface area contributed by atoms with Crippen molar-refractivity contribution < 1.29 is 14.3 Å². The summed E-state index contributed by atoms with van der Waals surface area (Å²) in [5.74, 6) is -0.426. The number of rotatable bonds is 7. The van der Waals surface area contributed by atoms with Gasteiger partial charge < -0.3 is 10.1 Å². The molecule has 0 fully saturated rings. The third-order valence-corrected chi connectivity index (χ3v) is 3.97. The number of unbranched alkanes of at least 4 members (excludes halogenated alkanes) is 1. The number of esters is 1. The van der Waals surface area contributed by atoms with Gasteiger partial charge in [0.15, 0.2) is 0 Å². The van der Waals surface area contributed by atoms with Crippen LogP contribution in [0, 0.1) is 0 Å². The number of aliphatic imine (C=N–C) groups is 1. The zero-order valence-electron chi connectivity index (χ0n) is 13.9. The molecule has 2 aromatic carbocycles. The monoisotopic (exact) mass is 336 g/mol. The lowest BCUT2D eigenvalue weighted by Gasteiger charge is -2.05. The van der Waals surface area contributed by atoms with Gasteiger partial charge in [-0.05, 0) is 31.4 Å². The Morgan fingerprint density at radius 2 is 1.68 bits per heavy atom. The lowest BCUT2D eigenvalue weighted by atomic mass is 10.1. The highest BCUT2D eigenvalue weighted by atomic mass is 16.6. The predicted octanol–water partition coefficient (Wildman–Crippen LogP) is 3.28. The van der Waals surface area contributed by atoms with Crippen molar-refractivity contribution in [2.45, 2.75) is 25.5 Å². The van der Waals surface area contributed by atoms with Crippen LogP contribution in [-0.2, 0) is 9.53 Å². The summed E-state index contributed by atoms with van der Waals surface area (Å²) in [4.78, 5) is 28.2. The van der Waals surface area contributed by atoms with E-state index in [2.05, 4.69) is 10.3 Å². The molecule has 1 atom stereocenters. The predicted molar refractivity (Wildman–Crippen MR) is 95.3 cm³/mol. The van der Waals surface area contributed by atoms with Gasteiger partial charge >= 0.3 is 5.97 Å². The van der Waals surface area contributed by atoms with E-state index in [9.17, 15) is 9.59 Å². The third kappa shape index (κ3) is 4.53. The van der Waals surface area contributed by atoms with E-state index in [1.165, 1.54) is 0 Å². The highest BCUT2D eigenvalue weighted by Crippen LogP contribution is 2.25. The van der Waals surface area contributed by atoms with Crippen molar-refractivity contribution in [2.75, 3.05) is 6.54 Å². The second-order valence-corrected chi connectivity index (χ2v) is 5.82. The van der Waals surface area contributed by atoms with Gasteiger partial charge in [-0.3, -0.25) is 4.79 Å². The normalized spacial score (nSPS) is 16.2. The van der Waals surface area contributed by atoms with E-state index in [0.29, 0.717) is 24.2 Å². The Morgan fingerprint density at radius 1 is 1.00 bits per heavy atom. The maximum absolute atomic E-state index is 11.9. The van der Waals surface area contributed by atoms with Gasteiger partial charge in [0.1, 0.15) is 5.71 Å². The molecule has 1 N–H and O–H groups in total. The number of cyclic esters (lactones) is 1. The molecule has 25 heavy (non-hydrogen) atoms. The number of amides is 1. The van der Waals surface area contributed by atoms with Gasteiger partial charge in [0.05, 0.1) is 0 Å². The number of benzene rings is 2. The molecule has 1 unspecified atom stereocenters. The quantitative estimate of drug-likeness (QED) is 0.623. The van der Waals surface area contributed by atoms with Gasteiger partial charge in [-0.25, -0.2) is 9.79 Å². The smallest absolute Gasteiger partial charge is 0.354 e. The molecule has 0 aliphatic carbocycles. The lowest BCUT2D eigenvalue weighted by Crippen LogP contribution is -2.24. The summed E-state index contributed by atoms with van der Waals surface area (Å²) >= 11 is 0. The molecule has 0 saturated heterocycles. The van der Waals surface area contributed by atoms with Gasteiger partial charge in [-0.15, -0.1) is 0 Å². The standard InChI is InChI=1S/C20H20N2O3/c23-18(15-9-3-1-4-10-15)21-14-8-7-13-17-20(24)25-19(22-17)16-11-5-2-6-12-16/h1-6,9-12,19H,7-8,13-14H2,(H,21,23). The molecule has 0 aromatic heterocycles. The second kappa shape index (κ2) is 8.24. The number of nitrogens with zero attached hydrogens (tertiary/aromatic N) is 1. The first-order valence-electron chi connectivity index (χ1n) is 8.40. The Balaban J connectivity index is 1.41. The van der Waals surface area contributed by atoms with Crippen LogP contribution in [0.25, 0.3) is 0 Å². The number of carbonyl (C=O) groups excluding carboxylic acids is 2. The number of ether oxygens (including phenoxy) is 1. The van der Waals surface area contributed by atoms with E-state index in [4.69, 9.17) is 4.74 Å². The molecule has 3 rings (SSSR count). The minimum absolute atomic E-state index is 0.0811. The summed E-state index contributed by atoms with van der Waals surface area (Å²) in [6.07, 6.45) is 1.58. The molecular weight excluding hydrogens is 316 g/mol. The Morgan fingerprint density at radius 3 is 2.40 bits per heavy atom. The minimum Gasteiger partial charge on any atom is -0.431 e. The molecule has 0 spiro atoms. The fourth-order valence-electron chi connectivity index (χ4n) is 2.63. The summed E-state index contributed by atoms with van der Waals surface area (Å²) in [5, 5.41) is 2.88.